The van der Waals surface area contributed by atoms with E-state index in [0.717, 1.165) is 30.1 Å². The van der Waals surface area contributed by atoms with Gasteiger partial charge in [0.2, 0.25) is 0 Å². The predicted octanol–water partition coefficient (Wildman–Crippen LogP) is 7.45. The molecule has 126 valence electrons. The lowest BCUT2D eigenvalue weighted by atomic mass is 9.68. The molecule has 4 aliphatic carbocycles. The van der Waals surface area contributed by atoms with E-state index < -0.39 is 0 Å². The molecule has 4 atom stereocenters. The summed E-state index contributed by atoms with van der Waals surface area (Å²) in [5.41, 5.74) is 8.84. The molecule has 0 aliphatic heterocycles. The topological polar surface area (TPSA) is 0 Å². The summed E-state index contributed by atoms with van der Waals surface area (Å²) in [6, 6.07) is 9.67. The lowest BCUT2D eigenvalue weighted by Crippen LogP contribution is -2.22. The Balaban J connectivity index is 1.54. The van der Waals surface area contributed by atoms with Crippen LogP contribution < -0.4 is 0 Å². The lowest BCUT2D eigenvalue weighted by Gasteiger charge is -2.36. The van der Waals surface area contributed by atoms with Crippen molar-refractivity contribution in [3.8, 4) is 11.1 Å². The second-order valence-corrected chi connectivity index (χ2v) is 10.2. The summed E-state index contributed by atoms with van der Waals surface area (Å²) in [7, 11) is 0. The molecule has 0 amide bonds. The molecule has 4 unspecified atom stereocenters. The minimum atomic E-state index is 0.815. The Kier molecular flexibility index (Phi) is 3.24. The van der Waals surface area contributed by atoms with Gasteiger partial charge in [0.15, 0.2) is 0 Å². The van der Waals surface area contributed by atoms with Crippen LogP contribution in [0.15, 0.2) is 39.3 Å². The summed E-state index contributed by atoms with van der Waals surface area (Å²) >= 11 is 7.75. The first-order valence-electron chi connectivity index (χ1n) is 9.50. The van der Waals surface area contributed by atoms with Crippen molar-refractivity contribution < 1.29 is 0 Å². The van der Waals surface area contributed by atoms with Gasteiger partial charge in [-0.15, -0.1) is 0 Å². The van der Waals surface area contributed by atoms with Crippen LogP contribution in [0.5, 0.6) is 0 Å². The molecule has 6 rings (SSSR count). The maximum Gasteiger partial charge on any atom is 0.0260 e. The highest BCUT2D eigenvalue weighted by Crippen LogP contribution is 2.61. The quantitative estimate of drug-likeness (QED) is 0.418. The zero-order valence-electron chi connectivity index (χ0n) is 14.1. The van der Waals surface area contributed by atoms with Crippen LogP contribution in [-0.2, 0) is 6.42 Å². The zero-order chi connectivity index (χ0) is 16.7. The van der Waals surface area contributed by atoms with Crippen LogP contribution in [0.4, 0.5) is 0 Å². The van der Waals surface area contributed by atoms with Gasteiger partial charge in [-0.3, -0.25) is 0 Å². The Hall–Kier alpha value is -0.860. The smallest absolute Gasteiger partial charge is 0.0260 e. The molecular formula is C23H20Br2. The number of rotatable bonds is 1. The Morgan fingerprint density at radius 3 is 2.56 bits per heavy atom. The zero-order valence-corrected chi connectivity index (χ0v) is 17.2. The van der Waals surface area contributed by atoms with Crippen LogP contribution >= 0.6 is 31.9 Å². The van der Waals surface area contributed by atoms with Crippen LogP contribution in [0.1, 0.15) is 59.8 Å². The largest absolute Gasteiger partial charge is 0.0795 e. The molecule has 4 aliphatic rings. The Bertz CT molecular complexity index is 938. The first kappa shape index (κ1) is 15.2. The highest BCUT2D eigenvalue weighted by molar-refractivity contribution is 9.11. The van der Waals surface area contributed by atoms with E-state index in [1.165, 1.54) is 56.9 Å². The van der Waals surface area contributed by atoms with Gasteiger partial charge in [-0.05, 0) is 113 Å². The van der Waals surface area contributed by atoms with Gasteiger partial charge in [0.25, 0.3) is 0 Å². The number of fused-ring (bicyclic) bond motifs is 6. The molecule has 0 spiro atoms. The van der Waals surface area contributed by atoms with E-state index in [2.05, 4.69) is 68.3 Å². The maximum atomic E-state index is 3.91. The summed E-state index contributed by atoms with van der Waals surface area (Å²) in [6.07, 6.45) is 11.4. The summed E-state index contributed by atoms with van der Waals surface area (Å²) in [5, 5.41) is 0. The molecule has 2 aromatic carbocycles. The van der Waals surface area contributed by atoms with Gasteiger partial charge in [0, 0.05) is 8.95 Å². The SMILES string of the molecule is Brc1cc2c(cc1-c1cc3c(cc1Br)C1CC4CC(C1)C3C4)CC=C2. The summed E-state index contributed by atoms with van der Waals surface area (Å²) < 4.78 is 2.47. The fourth-order valence-corrected chi connectivity index (χ4v) is 7.31. The summed E-state index contributed by atoms with van der Waals surface area (Å²) in [4.78, 5) is 0. The second kappa shape index (κ2) is 5.33. The molecule has 3 bridgehead atoms. The third-order valence-corrected chi connectivity index (χ3v) is 8.48. The van der Waals surface area contributed by atoms with Crippen LogP contribution in [0.2, 0.25) is 0 Å². The number of hydrogen-bond acceptors (Lipinski definition) is 0. The number of allylic oxidation sites excluding steroid dienone is 1. The Morgan fingerprint density at radius 2 is 1.64 bits per heavy atom. The molecule has 0 radical (unpaired) electrons. The van der Waals surface area contributed by atoms with Gasteiger partial charge in [-0.25, -0.2) is 0 Å². The van der Waals surface area contributed by atoms with E-state index in [0.29, 0.717) is 0 Å². The first-order chi connectivity index (χ1) is 12.2. The molecule has 2 heteroatoms. The fourth-order valence-electron chi connectivity index (χ4n) is 6.16. The average Bonchev–Trinajstić information content (AvgIpc) is 3.14. The molecule has 2 fully saturated rings. The first-order valence-corrected chi connectivity index (χ1v) is 11.1. The van der Waals surface area contributed by atoms with Crippen molar-refractivity contribution in [1.29, 1.82) is 0 Å². The molecule has 0 nitrogen and oxygen atoms in total. The van der Waals surface area contributed by atoms with E-state index in [9.17, 15) is 0 Å². The fraction of sp³-hybridized carbons (Fsp3) is 0.391. The van der Waals surface area contributed by atoms with Crippen molar-refractivity contribution in [1.82, 2.24) is 0 Å². The normalized spacial score (nSPS) is 30.6. The highest BCUT2D eigenvalue weighted by Gasteiger charge is 2.47. The van der Waals surface area contributed by atoms with Crippen LogP contribution in [0.25, 0.3) is 17.2 Å². The standard InChI is InChI=1S/C23H20Br2/c24-22-9-14-3-1-2-13(14)8-20(22)21-10-19-17-6-12-4-15(17)7-16(5-12)18(19)11-23(21)25/h1,3,8-12,15-17H,2,4-7H2. The van der Waals surface area contributed by atoms with Crippen molar-refractivity contribution in [2.75, 3.05) is 0 Å². The molecule has 0 heterocycles. The summed E-state index contributed by atoms with van der Waals surface area (Å²) in [5.74, 6) is 3.58. The third-order valence-electron chi connectivity index (χ3n) is 7.16. The highest BCUT2D eigenvalue weighted by atomic mass is 79.9. The summed E-state index contributed by atoms with van der Waals surface area (Å²) in [6.45, 7) is 0. The molecule has 0 N–H and O–H groups in total. The molecule has 2 aromatic rings. The van der Waals surface area contributed by atoms with Crippen molar-refractivity contribution in [2.24, 2.45) is 11.8 Å². The monoisotopic (exact) mass is 454 g/mol. The van der Waals surface area contributed by atoms with Gasteiger partial charge in [0.1, 0.15) is 0 Å². The third kappa shape index (κ3) is 2.16. The van der Waals surface area contributed by atoms with E-state index in [1.807, 2.05) is 0 Å². The molecular weight excluding hydrogens is 436 g/mol. The van der Waals surface area contributed by atoms with Crippen molar-refractivity contribution in [2.45, 2.75) is 43.9 Å². The molecule has 25 heavy (non-hydrogen) atoms. The van der Waals surface area contributed by atoms with E-state index in [4.69, 9.17) is 0 Å². The van der Waals surface area contributed by atoms with E-state index in [1.54, 1.807) is 11.1 Å². The van der Waals surface area contributed by atoms with Gasteiger partial charge in [-0.2, -0.15) is 0 Å². The second-order valence-electron chi connectivity index (χ2n) is 8.47. The van der Waals surface area contributed by atoms with Crippen LogP contribution in [0.3, 0.4) is 0 Å². The predicted molar refractivity (Wildman–Crippen MR) is 111 cm³/mol. The van der Waals surface area contributed by atoms with E-state index in [-0.39, 0.29) is 0 Å². The van der Waals surface area contributed by atoms with Crippen molar-refractivity contribution >= 4 is 37.9 Å². The lowest BCUT2D eigenvalue weighted by molar-refractivity contribution is 0.296. The average molecular weight is 456 g/mol. The maximum absolute atomic E-state index is 3.91. The molecule has 0 saturated heterocycles. The molecule has 0 aromatic heterocycles. The van der Waals surface area contributed by atoms with E-state index >= 15 is 0 Å². The van der Waals surface area contributed by atoms with Crippen molar-refractivity contribution in [3.05, 3.63) is 61.5 Å². The minimum absolute atomic E-state index is 0.815. The molecule has 2 saturated carbocycles. The van der Waals surface area contributed by atoms with Gasteiger partial charge in [-0.1, -0.05) is 44.0 Å². The van der Waals surface area contributed by atoms with Crippen LogP contribution in [0, 0.1) is 11.8 Å². The van der Waals surface area contributed by atoms with Gasteiger partial charge >= 0.3 is 0 Å². The number of benzene rings is 2. The number of halogens is 2. The van der Waals surface area contributed by atoms with Gasteiger partial charge in [0.05, 0.1) is 0 Å². The minimum Gasteiger partial charge on any atom is -0.0795 e. The van der Waals surface area contributed by atoms with Crippen LogP contribution in [-0.4, -0.2) is 0 Å². The van der Waals surface area contributed by atoms with Gasteiger partial charge < -0.3 is 0 Å². The number of hydrogen-bond donors (Lipinski definition) is 0. The Morgan fingerprint density at radius 1 is 0.800 bits per heavy atom. The Labute approximate surface area is 166 Å². The van der Waals surface area contributed by atoms with Crippen molar-refractivity contribution in [3.63, 3.8) is 0 Å².